The monoisotopic (exact) mass is 497 g/mol. The second-order valence-electron chi connectivity index (χ2n) is 9.14. The van der Waals surface area contributed by atoms with E-state index in [0.29, 0.717) is 24.3 Å². The zero-order valence-corrected chi connectivity index (χ0v) is 19.4. The third-order valence-corrected chi connectivity index (χ3v) is 6.63. The molecule has 1 unspecified atom stereocenters. The van der Waals surface area contributed by atoms with Crippen LogP contribution in [0.15, 0.2) is 42.5 Å². The van der Waals surface area contributed by atoms with Gasteiger partial charge in [-0.15, -0.1) is 0 Å². The Labute approximate surface area is 205 Å². The predicted octanol–water partition coefficient (Wildman–Crippen LogP) is 1.74. The third-order valence-electron chi connectivity index (χ3n) is 6.63. The maximum absolute atomic E-state index is 13.9. The average molecular weight is 498 g/mol. The van der Waals surface area contributed by atoms with Crippen molar-refractivity contribution in [2.45, 2.75) is 31.4 Å². The summed E-state index contributed by atoms with van der Waals surface area (Å²) in [6.07, 6.45) is 0.148. The molecule has 4 amide bonds. The molecule has 5 rings (SSSR count). The van der Waals surface area contributed by atoms with Crippen LogP contribution in [0, 0.1) is 0 Å². The normalized spacial score (nSPS) is 21.8. The fraction of sp³-hybridized carbons (Fsp3) is 0.360. The highest BCUT2D eigenvalue weighted by Crippen LogP contribution is 2.30. The zero-order valence-electron chi connectivity index (χ0n) is 19.4. The van der Waals surface area contributed by atoms with Crippen molar-refractivity contribution in [3.05, 3.63) is 59.2 Å². The molecular weight excluding hydrogens is 472 g/mol. The Kier molecular flexibility index (Phi) is 6.17. The van der Waals surface area contributed by atoms with Crippen molar-refractivity contribution in [1.29, 1.82) is 0 Å². The van der Waals surface area contributed by atoms with Crippen molar-refractivity contribution in [2.24, 2.45) is 0 Å². The SMILES string of the molecule is O=C1CCC(N2C(=O)c3cccc(CNc4ccc(N5CCNCC(F)(F)C5)cc4)c3C2=O)C(=O)N1. The topological polar surface area (TPSA) is 111 Å². The van der Waals surface area contributed by atoms with Gasteiger partial charge in [-0.1, -0.05) is 12.1 Å². The van der Waals surface area contributed by atoms with Gasteiger partial charge in [-0.05, 0) is 42.3 Å². The second kappa shape index (κ2) is 9.30. The van der Waals surface area contributed by atoms with E-state index in [2.05, 4.69) is 16.0 Å². The van der Waals surface area contributed by atoms with E-state index >= 15 is 0 Å². The summed E-state index contributed by atoms with van der Waals surface area (Å²) in [6.45, 7) is 0.474. The average Bonchev–Trinajstić information content (AvgIpc) is 2.98. The number of carbonyl (C=O) groups is 4. The molecule has 0 aromatic heterocycles. The number of benzene rings is 2. The summed E-state index contributed by atoms with van der Waals surface area (Å²) in [5, 5.41) is 8.14. The Balaban J connectivity index is 1.29. The summed E-state index contributed by atoms with van der Waals surface area (Å²) in [4.78, 5) is 52.5. The minimum Gasteiger partial charge on any atom is -0.381 e. The first-order valence-electron chi connectivity index (χ1n) is 11.7. The smallest absolute Gasteiger partial charge is 0.277 e. The number of amides is 4. The molecule has 188 valence electrons. The minimum atomic E-state index is -2.81. The second-order valence-corrected chi connectivity index (χ2v) is 9.14. The van der Waals surface area contributed by atoms with Crippen LogP contribution >= 0.6 is 0 Å². The number of anilines is 2. The van der Waals surface area contributed by atoms with Crippen LogP contribution in [0.5, 0.6) is 0 Å². The molecule has 3 aliphatic rings. The molecule has 1 atom stereocenters. The number of imide groups is 2. The van der Waals surface area contributed by atoms with Gasteiger partial charge in [0.15, 0.2) is 0 Å². The summed E-state index contributed by atoms with van der Waals surface area (Å²) in [5.41, 5.74) is 2.44. The first kappa shape index (κ1) is 23.9. The van der Waals surface area contributed by atoms with Gasteiger partial charge >= 0.3 is 0 Å². The number of carbonyl (C=O) groups excluding carboxylic acids is 4. The molecule has 3 aliphatic heterocycles. The minimum absolute atomic E-state index is 0.0554. The van der Waals surface area contributed by atoms with E-state index in [9.17, 15) is 28.0 Å². The van der Waals surface area contributed by atoms with Crippen molar-refractivity contribution < 1.29 is 28.0 Å². The number of halogens is 2. The van der Waals surface area contributed by atoms with Crippen molar-refractivity contribution in [3.8, 4) is 0 Å². The van der Waals surface area contributed by atoms with Crippen LogP contribution in [-0.4, -0.2) is 66.7 Å². The molecule has 3 N–H and O–H groups in total. The molecule has 2 aromatic rings. The Morgan fingerprint density at radius 3 is 2.56 bits per heavy atom. The molecule has 2 aromatic carbocycles. The number of nitrogens with one attached hydrogen (secondary N) is 3. The quantitative estimate of drug-likeness (QED) is 0.540. The van der Waals surface area contributed by atoms with Gasteiger partial charge in [-0.25, -0.2) is 8.78 Å². The lowest BCUT2D eigenvalue weighted by molar-refractivity contribution is -0.136. The molecule has 0 saturated carbocycles. The number of piperidine rings is 1. The summed E-state index contributed by atoms with van der Waals surface area (Å²) < 4.78 is 27.9. The van der Waals surface area contributed by atoms with Crippen LogP contribution in [-0.2, 0) is 16.1 Å². The van der Waals surface area contributed by atoms with E-state index in [1.807, 2.05) is 0 Å². The van der Waals surface area contributed by atoms with Crippen LogP contribution in [0.1, 0.15) is 39.1 Å². The van der Waals surface area contributed by atoms with Crippen LogP contribution < -0.4 is 20.9 Å². The number of nitrogens with zero attached hydrogens (tertiary/aromatic N) is 2. The fourth-order valence-corrected chi connectivity index (χ4v) is 4.84. The Morgan fingerprint density at radius 2 is 1.81 bits per heavy atom. The van der Waals surface area contributed by atoms with Crippen molar-refractivity contribution >= 4 is 35.0 Å². The summed E-state index contributed by atoms with van der Waals surface area (Å²) in [7, 11) is 0. The summed E-state index contributed by atoms with van der Waals surface area (Å²) in [5.74, 6) is -5.01. The van der Waals surface area contributed by atoms with Crippen molar-refractivity contribution in [2.75, 3.05) is 36.4 Å². The largest absolute Gasteiger partial charge is 0.381 e. The molecule has 11 heteroatoms. The summed E-state index contributed by atoms with van der Waals surface area (Å²) >= 11 is 0. The predicted molar refractivity (Wildman–Crippen MR) is 127 cm³/mol. The molecule has 2 saturated heterocycles. The molecule has 0 spiro atoms. The number of rotatable bonds is 5. The highest BCUT2D eigenvalue weighted by molar-refractivity contribution is 6.24. The van der Waals surface area contributed by atoms with Crippen LogP contribution in [0.25, 0.3) is 0 Å². The van der Waals surface area contributed by atoms with Gasteiger partial charge in [0.05, 0.1) is 24.2 Å². The molecule has 0 bridgehead atoms. The van der Waals surface area contributed by atoms with E-state index in [-0.39, 0.29) is 43.6 Å². The molecule has 2 fully saturated rings. The lowest BCUT2D eigenvalue weighted by atomic mass is 10.0. The van der Waals surface area contributed by atoms with E-state index in [4.69, 9.17) is 0 Å². The Hall–Kier alpha value is -3.86. The molecule has 36 heavy (non-hydrogen) atoms. The summed E-state index contributed by atoms with van der Waals surface area (Å²) in [6, 6.07) is 11.0. The van der Waals surface area contributed by atoms with Gasteiger partial charge in [-0.2, -0.15) is 0 Å². The van der Waals surface area contributed by atoms with E-state index in [0.717, 1.165) is 10.6 Å². The Morgan fingerprint density at radius 1 is 1.03 bits per heavy atom. The highest BCUT2D eigenvalue weighted by atomic mass is 19.3. The maximum atomic E-state index is 13.9. The van der Waals surface area contributed by atoms with Gasteiger partial charge in [0.1, 0.15) is 6.04 Å². The zero-order chi connectivity index (χ0) is 25.4. The van der Waals surface area contributed by atoms with E-state index < -0.39 is 35.6 Å². The highest BCUT2D eigenvalue weighted by Gasteiger charge is 2.45. The van der Waals surface area contributed by atoms with E-state index in [1.54, 1.807) is 47.4 Å². The van der Waals surface area contributed by atoms with Crippen LogP contribution in [0.4, 0.5) is 20.2 Å². The lowest BCUT2D eigenvalue weighted by Gasteiger charge is -2.27. The first-order valence-corrected chi connectivity index (χ1v) is 11.7. The van der Waals surface area contributed by atoms with Gasteiger partial charge < -0.3 is 15.5 Å². The molecular formula is C25H25F2N5O4. The maximum Gasteiger partial charge on any atom is 0.277 e. The first-order chi connectivity index (χ1) is 17.2. The molecule has 3 heterocycles. The molecule has 0 radical (unpaired) electrons. The molecule has 0 aliphatic carbocycles. The van der Waals surface area contributed by atoms with Crippen LogP contribution in [0.3, 0.4) is 0 Å². The molecule has 9 nitrogen and oxygen atoms in total. The number of alkyl halides is 2. The number of fused-ring (bicyclic) bond motifs is 1. The number of hydrogen-bond acceptors (Lipinski definition) is 7. The Bertz CT molecular complexity index is 1230. The van der Waals surface area contributed by atoms with Crippen molar-refractivity contribution in [3.63, 3.8) is 0 Å². The lowest BCUT2D eigenvalue weighted by Crippen LogP contribution is -2.54. The van der Waals surface area contributed by atoms with Gasteiger partial charge in [-0.3, -0.25) is 29.4 Å². The van der Waals surface area contributed by atoms with Gasteiger partial charge in [0.2, 0.25) is 11.8 Å². The third kappa shape index (κ3) is 4.53. The standard InChI is InChI=1S/C25H25F2N5O4/c26-25(27)13-28-10-11-31(14-25)17-6-4-16(5-7-17)29-12-15-2-1-3-18-21(15)24(36)32(23(18)35)19-8-9-20(33)30-22(19)34/h1-7,19,28-29H,8-14H2,(H,30,33,34). The fourth-order valence-electron chi connectivity index (χ4n) is 4.84. The van der Waals surface area contributed by atoms with Gasteiger partial charge in [0, 0.05) is 37.4 Å². The van der Waals surface area contributed by atoms with E-state index in [1.165, 1.54) is 0 Å². The van der Waals surface area contributed by atoms with Crippen molar-refractivity contribution in [1.82, 2.24) is 15.5 Å². The van der Waals surface area contributed by atoms with Crippen LogP contribution in [0.2, 0.25) is 0 Å². The number of hydrogen-bond donors (Lipinski definition) is 3. The van der Waals surface area contributed by atoms with Gasteiger partial charge in [0.25, 0.3) is 17.7 Å².